The van der Waals surface area contributed by atoms with Gasteiger partial charge in [-0.1, -0.05) is 13.8 Å². The van der Waals surface area contributed by atoms with E-state index in [1.807, 2.05) is 20.8 Å². The SMILES string of the molecule is CC(C)C[C@H](NC(=O)NC1(C)CCOC1)C(=O)O. The van der Waals surface area contributed by atoms with Crippen LogP contribution in [0, 0.1) is 5.92 Å². The number of carboxylic acid groups (broad SMARTS) is 1. The van der Waals surface area contributed by atoms with Crippen LogP contribution < -0.4 is 10.6 Å². The van der Waals surface area contributed by atoms with E-state index >= 15 is 0 Å². The number of carboxylic acids is 1. The highest BCUT2D eigenvalue weighted by Gasteiger charge is 2.32. The molecule has 1 aliphatic heterocycles. The van der Waals surface area contributed by atoms with Gasteiger partial charge in [-0.25, -0.2) is 9.59 Å². The fourth-order valence-corrected chi connectivity index (χ4v) is 1.93. The molecule has 6 nitrogen and oxygen atoms in total. The minimum atomic E-state index is -1.01. The molecule has 0 saturated carbocycles. The van der Waals surface area contributed by atoms with Crippen molar-refractivity contribution in [3.05, 3.63) is 0 Å². The van der Waals surface area contributed by atoms with E-state index in [4.69, 9.17) is 9.84 Å². The number of aliphatic carboxylic acids is 1. The van der Waals surface area contributed by atoms with Crippen LogP contribution in [-0.2, 0) is 9.53 Å². The Bertz CT molecular complexity index is 311. The highest BCUT2D eigenvalue weighted by molar-refractivity contribution is 5.82. The molecule has 6 heteroatoms. The molecule has 0 aromatic rings. The first-order chi connectivity index (χ1) is 8.32. The molecular weight excluding hydrogens is 236 g/mol. The summed E-state index contributed by atoms with van der Waals surface area (Å²) in [6.45, 7) is 6.80. The second-order valence-corrected chi connectivity index (χ2v) is 5.48. The summed E-state index contributed by atoms with van der Waals surface area (Å²) < 4.78 is 5.22. The second kappa shape index (κ2) is 6.04. The maximum Gasteiger partial charge on any atom is 0.326 e. The van der Waals surface area contributed by atoms with Crippen molar-refractivity contribution in [1.29, 1.82) is 0 Å². The van der Waals surface area contributed by atoms with Gasteiger partial charge in [0.25, 0.3) is 0 Å². The Morgan fingerprint density at radius 1 is 1.44 bits per heavy atom. The molecule has 1 rings (SSSR count). The third-order valence-corrected chi connectivity index (χ3v) is 2.94. The van der Waals surface area contributed by atoms with E-state index in [-0.39, 0.29) is 5.92 Å². The lowest BCUT2D eigenvalue weighted by Crippen LogP contribution is -2.54. The normalized spacial score (nSPS) is 24.9. The van der Waals surface area contributed by atoms with Crippen LogP contribution in [0.2, 0.25) is 0 Å². The summed E-state index contributed by atoms with van der Waals surface area (Å²) in [5, 5.41) is 14.3. The number of amides is 2. The molecule has 0 aromatic carbocycles. The zero-order valence-electron chi connectivity index (χ0n) is 11.2. The maximum absolute atomic E-state index is 11.8. The molecule has 0 radical (unpaired) electrons. The molecule has 1 heterocycles. The molecular formula is C12H22N2O4. The number of carbonyl (C=O) groups is 2. The van der Waals surface area contributed by atoms with Gasteiger partial charge < -0.3 is 20.5 Å². The quantitative estimate of drug-likeness (QED) is 0.685. The lowest BCUT2D eigenvalue weighted by Gasteiger charge is -2.25. The molecule has 104 valence electrons. The predicted octanol–water partition coefficient (Wildman–Crippen LogP) is 0.964. The van der Waals surface area contributed by atoms with Crippen LogP contribution in [0.15, 0.2) is 0 Å². The summed E-state index contributed by atoms with van der Waals surface area (Å²) in [5.74, 6) is -0.802. The van der Waals surface area contributed by atoms with Gasteiger partial charge in [-0.2, -0.15) is 0 Å². The minimum Gasteiger partial charge on any atom is -0.480 e. The highest BCUT2D eigenvalue weighted by atomic mass is 16.5. The lowest BCUT2D eigenvalue weighted by atomic mass is 10.0. The van der Waals surface area contributed by atoms with Crippen LogP contribution in [0.4, 0.5) is 4.79 Å². The Morgan fingerprint density at radius 3 is 2.56 bits per heavy atom. The first kappa shape index (κ1) is 14.8. The van der Waals surface area contributed by atoms with Gasteiger partial charge in [0.15, 0.2) is 0 Å². The van der Waals surface area contributed by atoms with Gasteiger partial charge in [0.05, 0.1) is 12.1 Å². The number of nitrogens with one attached hydrogen (secondary N) is 2. The fraction of sp³-hybridized carbons (Fsp3) is 0.833. The van der Waals surface area contributed by atoms with Crippen LogP contribution >= 0.6 is 0 Å². The summed E-state index contributed by atoms with van der Waals surface area (Å²) in [4.78, 5) is 22.8. The number of hydrogen-bond acceptors (Lipinski definition) is 3. The third kappa shape index (κ3) is 4.52. The Morgan fingerprint density at radius 2 is 2.11 bits per heavy atom. The van der Waals surface area contributed by atoms with Gasteiger partial charge in [0, 0.05) is 6.61 Å². The standard InChI is InChI=1S/C12H22N2O4/c1-8(2)6-9(10(15)16)13-11(17)14-12(3)4-5-18-7-12/h8-9H,4-7H2,1-3H3,(H,15,16)(H2,13,14,17)/t9-,12?/m0/s1. The average molecular weight is 258 g/mol. The maximum atomic E-state index is 11.8. The molecule has 3 N–H and O–H groups in total. The number of rotatable bonds is 5. The molecule has 1 unspecified atom stereocenters. The van der Waals surface area contributed by atoms with Crippen molar-refractivity contribution < 1.29 is 19.4 Å². The Hall–Kier alpha value is -1.30. The third-order valence-electron chi connectivity index (χ3n) is 2.94. The molecule has 1 saturated heterocycles. The first-order valence-electron chi connectivity index (χ1n) is 6.21. The van der Waals surface area contributed by atoms with Crippen molar-refractivity contribution >= 4 is 12.0 Å². The molecule has 0 bridgehead atoms. The Labute approximate surface area is 107 Å². The number of ether oxygens (including phenoxy) is 1. The van der Waals surface area contributed by atoms with Gasteiger partial charge in [-0.15, -0.1) is 0 Å². The zero-order valence-corrected chi connectivity index (χ0v) is 11.2. The van der Waals surface area contributed by atoms with Crippen LogP contribution in [0.1, 0.15) is 33.6 Å². The fourth-order valence-electron chi connectivity index (χ4n) is 1.93. The van der Waals surface area contributed by atoms with Crippen LogP contribution in [-0.4, -0.2) is 41.9 Å². The lowest BCUT2D eigenvalue weighted by molar-refractivity contribution is -0.139. The van der Waals surface area contributed by atoms with Crippen molar-refractivity contribution in [3.8, 4) is 0 Å². The number of hydrogen-bond donors (Lipinski definition) is 3. The monoisotopic (exact) mass is 258 g/mol. The van der Waals surface area contributed by atoms with Crippen molar-refractivity contribution in [1.82, 2.24) is 10.6 Å². The van der Waals surface area contributed by atoms with Crippen molar-refractivity contribution in [3.63, 3.8) is 0 Å². The zero-order chi connectivity index (χ0) is 13.8. The van der Waals surface area contributed by atoms with Crippen molar-refractivity contribution in [2.45, 2.75) is 45.2 Å². The average Bonchev–Trinajstić information content (AvgIpc) is 2.62. The molecule has 1 aliphatic rings. The van der Waals surface area contributed by atoms with Crippen molar-refractivity contribution in [2.75, 3.05) is 13.2 Å². The summed E-state index contributed by atoms with van der Waals surface area (Å²) in [6.07, 6.45) is 1.15. The van der Waals surface area contributed by atoms with Gasteiger partial charge in [0.2, 0.25) is 0 Å². The Kier molecular flexibility index (Phi) is 4.95. The first-order valence-corrected chi connectivity index (χ1v) is 6.21. The van der Waals surface area contributed by atoms with Crippen LogP contribution in [0.5, 0.6) is 0 Å². The summed E-state index contributed by atoms with van der Waals surface area (Å²) >= 11 is 0. The summed E-state index contributed by atoms with van der Waals surface area (Å²) in [7, 11) is 0. The minimum absolute atomic E-state index is 0.205. The molecule has 0 aliphatic carbocycles. The van der Waals surface area contributed by atoms with Crippen LogP contribution in [0.3, 0.4) is 0 Å². The van der Waals surface area contributed by atoms with Crippen molar-refractivity contribution in [2.24, 2.45) is 5.92 Å². The number of carbonyl (C=O) groups excluding carboxylic acids is 1. The van der Waals surface area contributed by atoms with E-state index in [9.17, 15) is 9.59 Å². The largest absolute Gasteiger partial charge is 0.480 e. The van der Waals surface area contributed by atoms with E-state index in [1.54, 1.807) is 0 Å². The van der Waals surface area contributed by atoms with Crippen LogP contribution in [0.25, 0.3) is 0 Å². The highest BCUT2D eigenvalue weighted by Crippen LogP contribution is 2.17. The summed E-state index contributed by atoms with van der Waals surface area (Å²) in [5.41, 5.74) is -0.398. The smallest absolute Gasteiger partial charge is 0.326 e. The summed E-state index contributed by atoms with van der Waals surface area (Å²) in [6, 6.07) is -1.30. The van der Waals surface area contributed by atoms with Gasteiger partial charge in [-0.3, -0.25) is 0 Å². The Balaban J connectivity index is 2.48. The number of urea groups is 1. The van der Waals surface area contributed by atoms with E-state index < -0.39 is 23.6 Å². The van der Waals surface area contributed by atoms with Gasteiger partial charge >= 0.3 is 12.0 Å². The second-order valence-electron chi connectivity index (χ2n) is 5.48. The molecule has 2 atom stereocenters. The van der Waals surface area contributed by atoms with E-state index in [1.165, 1.54) is 0 Å². The van der Waals surface area contributed by atoms with Gasteiger partial charge in [-0.05, 0) is 25.7 Å². The van der Waals surface area contributed by atoms with Gasteiger partial charge in [0.1, 0.15) is 6.04 Å². The van der Waals surface area contributed by atoms with E-state index in [0.717, 1.165) is 6.42 Å². The molecule has 1 fully saturated rings. The predicted molar refractivity (Wildman–Crippen MR) is 66.4 cm³/mol. The molecule has 2 amide bonds. The molecule has 0 spiro atoms. The molecule has 18 heavy (non-hydrogen) atoms. The van der Waals surface area contributed by atoms with E-state index in [0.29, 0.717) is 19.6 Å². The molecule has 0 aromatic heterocycles. The topological polar surface area (TPSA) is 87.7 Å². The van der Waals surface area contributed by atoms with E-state index in [2.05, 4.69) is 10.6 Å².